The molecule has 26 heavy (non-hydrogen) atoms. The molecule has 0 aliphatic carbocycles. The van der Waals surface area contributed by atoms with Crippen LogP contribution >= 0.6 is 11.8 Å². The van der Waals surface area contributed by atoms with Crippen LogP contribution in [0.1, 0.15) is 27.6 Å². The lowest BCUT2D eigenvalue weighted by Gasteiger charge is -2.13. The van der Waals surface area contributed by atoms with Gasteiger partial charge in [0.05, 0.1) is 30.6 Å². The Morgan fingerprint density at radius 3 is 1.96 bits per heavy atom. The van der Waals surface area contributed by atoms with E-state index in [1.54, 1.807) is 6.92 Å². The summed E-state index contributed by atoms with van der Waals surface area (Å²) < 4.78 is 9.37. The Labute approximate surface area is 155 Å². The summed E-state index contributed by atoms with van der Waals surface area (Å²) in [5, 5.41) is 2.35. The second-order valence-corrected chi connectivity index (χ2v) is 6.76. The number of ether oxygens (including phenoxy) is 2. The Morgan fingerprint density at radius 2 is 1.46 bits per heavy atom. The van der Waals surface area contributed by atoms with E-state index < -0.39 is 11.9 Å². The predicted molar refractivity (Wildman–Crippen MR) is 99.5 cm³/mol. The van der Waals surface area contributed by atoms with Gasteiger partial charge in [-0.25, -0.2) is 9.59 Å². The van der Waals surface area contributed by atoms with E-state index in [4.69, 9.17) is 0 Å². The number of carbonyl (C=O) groups is 3. The number of nitrogens with one attached hydrogen (secondary N) is 1. The van der Waals surface area contributed by atoms with Gasteiger partial charge in [-0.2, -0.15) is 0 Å². The molecule has 7 heteroatoms. The molecular formula is C19H19NO5S. The number of methoxy groups -OCH3 is 2. The number of rotatable bonds is 6. The van der Waals surface area contributed by atoms with Crippen molar-refractivity contribution >= 4 is 35.3 Å². The van der Waals surface area contributed by atoms with E-state index >= 15 is 0 Å². The minimum absolute atomic E-state index is 0.147. The zero-order valence-corrected chi connectivity index (χ0v) is 15.5. The number of amides is 1. The Bertz CT molecular complexity index is 773. The average molecular weight is 373 g/mol. The normalized spacial score (nSPS) is 11.3. The lowest BCUT2D eigenvalue weighted by atomic mass is 10.1. The summed E-state index contributed by atoms with van der Waals surface area (Å²) in [5.41, 5.74) is 0.613. The molecule has 0 bridgehead atoms. The van der Waals surface area contributed by atoms with Gasteiger partial charge in [-0.05, 0) is 37.3 Å². The van der Waals surface area contributed by atoms with Crippen molar-refractivity contribution in [2.75, 3.05) is 19.5 Å². The van der Waals surface area contributed by atoms with E-state index in [0.717, 1.165) is 4.90 Å². The third-order valence-electron chi connectivity index (χ3n) is 3.47. The molecule has 0 saturated carbocycles. The number of hydrogen-bond donors (Lipinski definition) is 1. The average Bonchev–Trinajstić information content (AvgIpc) is 2.67. The van der Waals surface area contributed by atoms with Crippen molar-refractivity contribution in [1.82, 2.24) is 0 Å². The fraction of sp³-hybridized carbons (Fsp3) is 0.211. The van der Waals surface area contributed by atoms with Crippen LogP contribution in [0.4, 0.5) is 5.69 Å². The molecule has 0 aromatic heterocycles. The van der Waals surface area contributed by atoms with Crippen molar-refractivity contribution in [3.63, 3.8) is 0 Å². The summed E-state index contributed by atoms with van der Waals surface area (Å²) in [4.78, 5) is 37.0. The van der Waals surface area contributed by atoms with Crippen molar-refractivity contribution in [2.24, 2.45) is 0 Å². The Morgan fingerprint density at radius 1 is 0.923 bits per heavy atom. The minimum Gasteiger partial charge on any atom is -0.465 e. The SMILES string of the molecule is COC(=O)c1cc(NC(=O)[C@H](C)Sc2ccccc2)cc(C(=O)OC)c1. The third kappa shape index (κ3) is 5.10. The molecule has 1 amide bonds. The van der Waals surface area contributed by atoms with Crippen molar-refractivity contribution in [3.05, 3.63) is 59.7 Å². The summed E-state index contributed by atoms with van der Waals surface area (Å²) in [7, 11) is 2.48. The van der Waals surface area contributed by atoms with Crippen molar-refractivity contribution in [1.29, 1.82) is 0 Å². The second kappa shape index (κ2) is 9.05. The molecule has 0 unspecified atom stereocenters. The highest BCUT2D eigenvalue weighted by molar-refractivity contribution is 8.00. The summed E-state index contributed by atoms with van der Waals surface area (Å²) in [5.74, 6) is -1.48. The number of carbonyl (C=O) groups excluding carboxylic acids is 3. The highest BCUT2D eigenvalue weighted by Crippen LogP contribution is 2.24. The van der Waals surface area contributed by atoms with Gasteiger partial charge in [-0.3, -0.25) is 4.79 Å². The van der Waals surface area contributed by atoms with Gasteiger partial charge in [0.25, 0.3) is 0 Å². The molecular weight excluding hydrogens is 354 g/mol. The quantitative estimate of drug-likeness (QED) is 0.617. The van der Waals surface area contributed by atoms with E-state index in [1.807, 2.05) is 30.3 Å². The second-order valence-electron chi connectivity index (χ2n) is 5.34. The Balaban J connectivity index is 2.19. The van der Waals surface area contributed by atoms with Crippen LogP contribution in [0, 0.1) is 0 Å². The van der Waals surface area contributed by atoms with E-state index in [-0.39, 0.29) is 22.3 Å². The van der Waals surface area contributed by atoms with Crippen LogP contribution in [0.15, 0.2) is 53.4 Å². The van der Waals surface area contributed by atoms with Crippen molar-refractivity contribution < 1.29 is 23.9 Å². The van der Waals surface area contributed by atoms with Gasteiger partial charge in [0.1, 0.15) is 0 Å². The first-order valence-electron chi connectivity index (χ1n) is 7.79. The largest absolute Gasteiger partial charge is 0.465 e. The summed E-state index contributed by atoms with van der Waals surface area (Å²) in [6, 6.07) is 13.8. The van der Waals surface area contributed by atoms with Gasteiger partial charge in [0, 0.05) is 10.6 Å². The predicted octanol–water partition coefficient (Wildman–Crippen LogP) is 3.38. The van der Waals surface area contributed by atoms with Crippen LogP contribution in [0.3, 0.4) is 0 Å². The van der Waals surface area contributed by atoms with Crippen LogP contribution in [0.5, 0.6) is 0 Å². The maximum absolute atomic E-state index is 12.5. The molecule has 1 atom stereocenters. The molecule has 2 aromatic carbocycles. The van der Waals surface area contributed by atoms with Crippen molar-refractivity contribution in [2.45, 2.75) is 17.1 Å². The minimum atomic E-state index is -0.613. The number of thioether (sulfide) groups is 1. The highest BCUT2D eigenvalue weighted by atomic mass is 32.2. The number of esters is 2. The third-order valence-corrected chi connectivity index (χ3v) is 4.58. The molecule has 0 fully saturated rings. The molecule has 136 valence electrons. The van der Waals surface area contributed by atoms with Crippen LogP contribution < -0.4 is 5.32 Å². The fourth-order valence-electron chi connectivity index (χ4n) is 2.17. The fourth-order valence-corrected chi connectivity index (χ4v) is 3.06. The molecule has 2 rings (SSSR count). The van der Waals surface area contributed by atoms with Gasteiger partial charge in [-0.15, -0.1) is 11.8 Å². The monoisotopic (exact) mass is 373 g/mol. The molecule has 0 heterocycles. The van der Waals surface area contributed by atoms with Crippen molar-refractivity contribution in [3.8, 4) is 0 Å². The van der Waals surface area contributed by atoms with Gasteiger partial charge in [0.2, 0.25) is 5.91 Å². The Hall–Kier alpha value is -2.80. The smallest absolute Gasteiger partial charge is 0.337 e. The van der Waals surface area contributed by atoms with Crippen LogP contribution in [-0.2, 0) is 14.3 Å². The first-order valence-corrected chi connectivity index (χ1v) is 8.67. The number of anilines is 1. The van der Waals surface area contributed by atoms with Crippen LogP contribution in [0.25, 0.3) is 0 Å². The first-order chi connectivity index (χ1) is 12.4. The number of hydrogen-bond acceptors (Lipinski definition) is 6. The number of benzene rings is 2. The summed E-state index contributed by atoms with van der Waals surface area (Å²) >= 11 is 1.41. The van der Waals surface area contributed by atoms with Gasteiger partial charge in [0.15, 0.2) is 0 Å². The first kappa shape index (κ1) is 19.5. The van der Waals surface area contributed by atoms with Gasteiger partial charge in [-0.1, -0.05) is 18.2 Å². The van der Waals surface area contributed by atoms with E-state index in [2.05, 4.69) is 14.8 Å². The van der Waals surface area contributed by atoms with E-state index in [1.165, 1.54) is 44.2 Å². The summed E-state index contributed by atoms with van der Waals surface area (Å²) in [6.45, 7) is 1.78. The highest BCUT2D eigenvalue weighted by Gasteiger charge is 2.18. The lowest BCUT2D eigenvalue weighted by molar-refractivity contribution is -0.115. The molecule has 0 saturated heterocycles. The molecule has 0 aliphatic heterocycles. The topological polar surface area (TPSA) is 81.7 Å². The molecule has 0 radical (unpaired) electrons. The zero-order valence-electron chi connectivity index (χ0n) is 14.6. The zero-order chi connectivity index (χ0) is 19.1. The molecule has 0 aliphatic rings. The molecule has 6 nitrogen and oxygen atoms in total. The molecule has 0 spiro atoms. The standard InChI is InChI=1S/C19H19NO5S/c1-12(26-16-7-5-4-6-8-16)17(21)20-15-10-13(18(22)24-2)9-14(11-15)19(23)25-3/h4-12H,1-3H3,(H,20,21)/t12-/m0/s1. The molecule has 1 N–H and O–H groups in total. The van der Waals surface area contributed by atoms with Gasteiger partial charge >= 0.3 is 11.9 Å². The van der Waals surface area contributed by atoms with E-state index in [9.17, 15) is 14.4 Å². The van der Waals surface area contributed by atoms with Gasteiger partial charge < -0.3 is 14.8 Å². The maximum atomic E-state index is 12.5. The summed E-state index contributed by atoms with van der Waals surface area (Å²) in [6.07, 6.45) is 0. The maximum Gasteiger partial charge on any atom is 0.337 e. The molecule has 2 aromatic rings. The lowest BCUT2D eigenvalue weighted by Crippen LogP contribution is -2.23. The van der Waals surface area contributed by atoms with E-state index in [0.29, 0.717) is 5.69 Å². The van der Waals surface area contributed by atoms with Crippen LogP contribution in [-0.4, -0.2) is 37.3 Å². The Kier molecular flexibility index (Phi) is 6.80. The van der Waals surface area contributed by atoms with Crippen LogP contribution in [0.2, 0.25) is 0 Å².